The Morgan fingerprint density at radius 3 is 3.17 bits per heavy atom. The van der Waals surface area contributed by atoms with Crippen LogP contribution in [-0.2, 0) is 4.79 Å². The number of nitrogens with one attached hydrogen (secondary N) is 2. The largest absolute Gasteiger partial charge is 0.341 e. The molecular formula is C10H10BrN5OS. The summed E-state index contributed by atoms with van der Waals surface area (Å²) in [6.07, 6.45) is 2.08. The first-order valence-electron chi connectivity index (χ1n) is 5.48. The van der Waals surface area contributed by atoms with Gasteiger partial charge in [-0.3, -0.25) is 9.69 Å². The molecule has 6 nitrogen and oxygen atoms in total. The Morgan fingerprint density at radius 2 is 2.44 bits per heavy atom. The number of aromatic nitrogens is 4. The molecular weight excluding hydrogens is 318 g/mol. The number of aromatic amines is 2. The van der Waals surface area contributed by atoms with E-state index in [1.54, 1.807) is 11.2 Å². The predicted octanol–water partition coefficient (Wildman–Crippen LogP) is 1.76. The van der Waals surface area contributed by atoms with E-state index < -0.39 is 0 Å². The number of fused-ring (bicyclic) bond motifs is 1. The third kappa shape index (κ3) is 1.85. The Labute approximate surface area is 116 Å². The van der Waals surface area contributed by atoms with Crippen LogP contribution < -0.4 is 4.90 Å². The van der Waals surface area contributed by atoms with E-state index in [2.05, 4.69) is 35.9 Å². The lowest BCUT2D eigenvalue weighted by atomic mass is 10.2. The van der Waals surface area contributed by atoms with Crippen LogP contribution >= 0.6 is 28.1 Å². The molecule has 1 amide bonds. The fourth-order valence-electron chi connectivity index (χ4n) is 2.06. The van der Waals surface area contributed by atoms with E-state index in [1.807, 2.05) is 0 Å². The molecule has 3 heterocycles. The maximum Gasteiger partial charge on any atom is 0.229 e. The molecule has 1 atom stereocenters. The number of rotatable bonds is 2. The van der Waals surface area contributed by atoms with Crippen LogP contribution in [0.3, 0.4) is 0 Å². The average molecular weight is 328 g/mol. The molecule has 0 aromatic carbocycles. The van der Waals surface area contributed by atoms with Crippen molar-refractivity contribution in [3.8, 4) is 0 Å². The molecule has 8 heteroatoms. The highest BCUT2D eigenvalue weighted by atomic mass is 79.9. The fourth-order valence-corrected chi connectivity index (χ4v) is 2.73. The second-order valence-electron chi connectivity index (χ2n) is 4.22. The van der Waals surface area contributed by atoms with Crippen LogP contribution in [0.4, 0.5) is 5.95 Å². The molecule has 0 spiro atoms. The second-order valence-corrected chi connectivity index (χ2v) is 5.25. The van der Waals surface area contributed by atoms with Crippen LogP contribution in [-0.4, -0.2) is 37.7 Å². The van der Waals surface area contributed by atoms with E-state index >= 15 is 0 Å². The normalized spacial score (nSPS) is 19.9. The highest BCUT2D eigenvalue weighted by molar-refractivity contribution is 9.09. The van der Waals surface area contributed by atoms with Gasteiger partial charge in [-0.25, -0.2) is 9.97 Å². The van der Waals surface area contributed by atoms with Gasteiger partial charge in [-0.1, -0.05) is 28.1 Å². The molecule has 0 saturated carbocycles. The van der Waals surface area contributed by atoms with E-state index in [0.29, 0.717) is 40.6 Å². The number of carbonyl (C=O) groups is 1. The second kappa shape index (κ2) is 4.43. The fraction of sp³-hybridized carbons (Fsp3) is 0.400. The minimum Gasteiger partial charge on any atom is -0.341 e. The smallest absolute Gasteiger partial charge is 0.229 e. The molecule has 1 aliphatic heterocycles. The predicted molar refractivity (Wildman–Crippen MR) is 73.3 cm³/mol. The van der Waals surface area contributed by atoms with Crippen molar-refractivity contribution >= 4 is 51.2 Å². The van der Waals surface area contributed by atoms with E-state index in [-0.39, 0.29) is 5.91 Å². The molecule has 0 aliphatic carbocycles. The molecule has 3 rings (SSSR count). The topological polar surface area (TPSA) is 77.7 Å². The highest BCUT2D eigenvalue weighted by Gasteiger charge is 2.31. The Kier molecular flexibility index (Phi) is 2.90. The first-order chi connectivity index (χ1) is 8.69. The van der Waals surface area contributed by atoms with Crippen molar-refractivity contribution in [3.05, 3.63) is 11.0 Å². The highest BCUT2D eigenvalue weighted by Crippen LogP contribution is 2.24. The molecule has 1 saturated heterocycles. The van der Waals surface area contributed by atoms with Crippen molar-refractivity contribution in [2.24, 2.45) is 5.92 Å². The molecule has 2 aromatic rings. The van der Waals surface area contributed by atoms with Crippen LogP contribution in [0.2, 0.25) is 0 Å². The van der Waals surface area contributed by atoms with E-state index in [4.69, 9.17) is 12.2 Å². The van der Waals surface area contributed by atoms with Crippen molar-refractivity contribution in [2.75, 3.05) is 16.8 Å². The van der Waals surface area contributed by atoms with Crippen LogP contribution in [0.15, 0.2) is 6.33 Å². The number of halogens is 1. The zero-order valence-corrected chi connectivity index (χ0v) is 11.7. The van der Waals surface area contributed by atoms with Crippen LogP contribution in [0.25, 0.3) is 11.2 Å². The van der Waals surface area contributed by atoms with Gasteiger partial charge >= 0.3 is 0 Å². The summed E-state index contributed by atoms with van der Waals surface area (Å²) in [5.74, 6) is 0.858. The molecule has 0 radical (unpaired) electrons. The van der Waals surface area contributed by atoms with Crippen LogP contribution in [0.5, 0.6) is 0 Å². The van der Waals surface area contributed by atoms with Gasteiger partial charge in [-0.15, -0.1) is 0 Å². The van der Waals surface area contributed by atoms with E-state index in [0.717, 1.165) is 5.33 Å². The van der Waals surface area contributed by atoms with Gasteiger partial charge in [0.2, 0.25) is 11.9 Å². The zero-order chi connectivity index (χ0) is 12.7. The number of carbonyl (C=O) groups excluding carboxylic acids is 1. The van der Waals surface area contributed by atoms with Gasteiger partial charge in [-0.2, -0.15) is 0 Å². The van der Waals surface area contributed by atoms with E-state index in [9.17, 15) is 4.79 Å². The summed E-state index contributed by atoms with van der Waals surface area (Å²) in [6, 6.07) is 0. The van der Waals surface area contributed by atoms with Crippen molar-refractivity contribution < 1.29 is 4.79 Å². The van der Waals surface area contributed by atoms with Crippen LogP contribution in [0, 0.1) is 10.6 Å². The number of hydrogen-bond donors (Lipinski definition) is 2. The molecule has 0 bridgehead atoms. The monoisotopic (exact) mass is 327 g/mol. The summed E-state index contributed by atoms with van der Waals surface area (Å²) >= 11 is 8.58. The molecule has 1 unspecified atom stereocenters. The Morgan fingerprint density at radius 1 is 1.61 bits per heavy atom. The van der Waals surface area contributed by atoms with Gasteiger partial charge in [0.15, 0.2) is 10.3 Å². The average Bonchev–Trinajstić information content (AvgIpc) is 2.95. The van der Waals surface area contributed by atoms with Gasteiger partial charge in [0.25, 0.3) is 0 Å². The van der Waals surface area contributed by atoms with Crippen molar-refractivity contribution in [2.45, 2.75) is 6.42 Å². The summed E-state index contributed by atoms with van der Waals surface area (Å²) in [5, 5.41) is 0.806. The summed E-state index contributed by atoms with van der Waals surface area (Å²) in [4.78, 5) is 27.9. The molecule has 2 aromatic heterocycles. The van der Waals surface area contributed by atoms with Gasteiger partial charge in [-0.05, 0) is 5.92 Å². The van der Waals surface area contributed by atoms with Crippen LogP contribution in [0.1, 0.15) is 6.42 Å². The summed E-state index contributed by atoms with van der Waals surface area (Å²) in [5.41, 5.74) is 1.32. The number of hydrogen-bond acceptors (Lipinski definition) is 4. The number of imidazole rings is 1. The first-order valence-corrected chi connectivity index (χ1v) is 7.01. The first kappa shape index (κ1) is 11.8. The lowest BCUT2D eigenvalue weighted by molar-refractivity contribution is -0.117. The molecule has 2 N–H and O–H groups in total. The third-order valence-corrected chi connectivity index (χ3v) is 4.18. The summed E-state index contributed by atoms with van der Waals surface area (Å²) in [7, 11) is 0. The summed E-state index contributed by atoms with van der Waals surface area (Å²) in [6.45, 7) is 0.651. The lowest BCUT2D eigenvalue weighted by Gasteiger charge is -2.14. The Bertz CT molecular complexity index is 666. The maximum atomic E-state index is 11.9. The maximum absolute atomic E-state index is 11.9. The van der Waals surface area contributed by atoms with E-state index in [1.165, 1.54) is 0 Å². The SMILES string of the molecule is O=C1CC(CBr)CN1c1nc(=S)c2[nH]cnc2[nH]1. The number of alkyl halides is 1. The number of H-pyrrole nitrogens is 2. The molecule has 18 heavy (non-hydrogen) atoms. The Hall–Kier alpha value is -1.28. The quantitative estimate of drug-likeness (QED) is 0.650. The number of amides is 1. The summed E-state index contributed by atoms with van der Waals surface area (Å²) < 4.78 is 0.423. The number of anilines is 1. The van der Waals surface area contributed by atoms with Crippen molar-refractivity contribution in [1.29, 1.82) is 0 Å². The van der Waals surface area contributed by atoms with Crippen molar-refractivity contribution in [1.82, 2.24) is 19.9 Å². The third-order valence-electron chi connectivity index (χ3n) is 2.97. The minimum atomic E-state index is 0.0625. The molecule has 94 valence electrons. The zero-order valence-electron chi connectivity index (χ0n) is 9.31. The van der Waals surface area contributed by atoms with Gasteiger partial charge in [0, 0.05) is 18.3 Å². The minimum absolute atomic E-state index is 0.0625. The lowest BCUT2D eigenvalue weighted by Crippen LogP contribution is -2.26. The Balaban J connectivity index is 2.04. The van der Waals surface area contributed by atoms with Gasteiger partial charge < -0.3 is 9.97 Å². The molecule has 1 fully saturated rings. The standard InChI is InChI=1S/C10H10BrN5OS/c11-2-5-1-6(17)16(3-5)10-14-8-7(9(18)15-10)12-4-13-8/h4-5H,1-3H2,(H2,12,13,14,15,18). The van der Waals surface area contributed by atoms with Crippen molar-refractivity contribution in [3.63, 3.8) is 0 Å². The van der Waals surface area contributed by atoms with Gasteiger partial charge in [0.05, 0.1) is 6.33 Å². The number of nitrogens with zero attached hydrogens (tertiary/aromatic N) is 3. The molecule has 1 aliphatic rings. The van der Waals surface area contributed by atoms with Gasteiger partial charge in [0.1, 0.15) is 5.52 Å².